The highest BCUT2D eigenvalue weighted by Gasteiger charge is 2.11. The van der Waals surface area contributed by atoms with E-state index in [2.05, 4.69) is 31.3 Å². The summed E-state index contributed by atoms with van der Waals surface area (Å²) in [5.74, 6) is 0.251. The number of benzene rings is 2. The summed E-state index contributed by atoms with van der Waals surface area (Å²) < 4.78 is 13.2. The molecule has 106 valence electrons. The highest BCUT2D eigenvalue weighted by Crippen LogP contribution is 2.28. The quantitative estimate of drug-likeness (QED) is 0.836. The lowest BCUT2D eigenvalue weighted by molar-refractivity contribution is 0.462. The van der Waals surface area contributed by atoms with Crippen LogP contribution in [0.3, 0.4) is 0 Å². The second kappa shape index (κ2) is 5.95. The van der Waals surface area contributed by atoms with Gasteiger partial charge in [0.15, 0.2) is 0 Å². The molecule has 0 amide bonds. The lowest BCUT2D eigenvalue weighted by atomic mass is 10.0. The molecule has 0 fully saturated rings. The molecule has 0 spiro atoms. The van der Waals surface area contributed by atoms with E-state index in [1.165, 1.54) is 23.8 Å². The summed E-state index contributed by atoms with van der Waals surface area (Å²) in [6.45, 7) is 6.19. The smallest absolute Gasteiger partial charge is 0.123 e. The van der Waals surface area contributed by atoms with E-state index in [9.17, 15) is 9.50 Å². The van der Waals surface area contributed by atoms with Crippen LogP contribution in [0.25, 0.3) is 0 Å². The number of nitrogens with one attached hydrogen (secondary N) is 1. The van der Waals surface area contributed by atoms with Crippen molar-refractivity contribution in [3.63, 3.8) is 0 Å². The molecule has 0 bridgehead atoms. The molecule has 0 aromatic heterocycles. The molecule has 3 heteroatoms. The van der Waals surface area contributed by atoms with Crippen LogP contribution in [0.4, 0.5) is 10.1 Å². The molecule has 2 aromatic carbocycles. The minimum absolute atomic E-state index is 0.102. The second-order valence-corrected chi connectivity index (χ2v) is 5.35. The van der Waals surface area contributed by atoms with Crippen LogP contribution in [-0.2, 0) is 0 Å². The van der Waals surface area contributed by atoms with E-state index in [0.717, 1.165) is 5.69 Å². The fourth-order valence-electron chi connectivity index (χ4n) is 2.16. The standard InChI is InChI=1S/C17H20FNO/c1-11(2)13-4-7-15(8-5-13)19-12(3)16-10-14(18)6-9-17(16)20/h4-12,19-20H,1-3H3. The Morgan fingerprint density at radius 3 is 2.25 bits per heavy atom. The van der Waals surface area contributed by atoms with Gasteiger partial charge in [-0.2, -0.15) is 0 Å². The summed E-state index contributed by atoms with van der Waals surface area (Å²) in [4.78, 5) is 0. The van der Waals surface area contributed by atoms with Crippen LogP contribution in [0.5, 0.6) is 5.75 Å². The third kappa shape index (κ3) is 3.29. The number of anilines is 1. The molecule has 1 atom stereocenters. The zero-order valence-electron chi connectivity index (χ0n) is 12.0. The number of hydrogen-bond donors (Lipinski definition) is 2. The van der Waals surface area contributed by atoms with Gasteiger partial charge >= 0.3 is 0 Å². The third-order valence-electron chi connectivity index (χ3n) is 3.42. The van der Waals surface area contributed by atoms with Gasteiger partial charge in [0.25, 0.3) is 0 Å². The normalized spacial score (nSPS) is 12.4. The lowest BCUT2D eigenvalue weighted by Crippen LogP contribution is -2.07. The van der Waals surface area contributed by atoms with E-state index >= 15 is 0 Å². The van der Waals surface area contributed by atoms with Crippen LogP contribution in [0.1, 0.15) is 43.9 Å². The lowest BCUT2D eigenvalue weighted by Gasteiger charge is -2.17. The molecule has 0 saturated carbocycles. The van der Waals surface area contributed by atoms with Gasteiger partial charge in [0.05, 0.1) is 6.04 Å². The Kier molecular flexibility index (Phi) is 4.28. The molecule has 0 heterocycles. The summed E-state index contributed by atoms with van der Waals surface area (Å²) in [6, 6.07) is 12.0. The summed E-state index contributed by atoms with van der Waals surface area (Å²) in [7, 11) is 0. The monoisotopic (exact) mass is 273 g/mol. The summed E-state index contributed by atoms with van der Waals surface area (Å²) in [6.07, 6.45) is 0. The summed E-state index contributed by atoms with van der Waals surface area (Å²) in [5.41, 5.74) is 2.78. The van der Waals surface area contributed by atoms with E-state index in [4.69, 9.17) is 0 Å². The predicted octanol–water partition coefficient (Wildman–Crippen LogP) is 4.83. The maximum atomic E-state index is 13.2. The van der Waals surface area contributed by atoms with Gasteiger partial charge in [0.2, 0.25) is 0 Å². The Morgan fingerprint density at radius 2 is 1.65 bits per heavy atom. The van der Waals surface area contributed by atoms with E-state index in [1.54, 1.807) is 0 Å². The second-order valence-electron chi connectivity index (χ2n) is 5.35. The number of phenolic OH excluding ortho intramolecular Hbond substituents is 1. The van der Waals surface area contributed by atoms with Gasteiger partial charge in [-0.15, -0.1) is 0 Å². The van der Waals surface area contributed by atoms with Crippen molar-refractivity contribution >= 4 is 5.69 Å². The minimum Gasteiger partial charge on any atom is -0.508 e. The number of aromatic hydroxyl groups is 1. The van der Waals surface area contributed by atoms with Crippen molar-refractivity contribution in [3.05, 3.63) is 59.4 Å². The molecule has 1 unspecified atom stereocenters. The topological polar surface area (TPSA) is 32.3 Å². The zero-order valence-corrected chi connectivity index (χ0v) is 12.0. The Labute approximate surface area is 119 Å². The van der Waals surface area contributed by atoms with E-state index in [-0.39, 0.29) is 17.6 Å². The van der Waals surface area contributed by atoms with Crippen molar-refractivity contribution in [1.82, 2.24) is 0 Å². The molecule has 0 aliphatic rings. The van der Waals surface area contributed by atoms with Gasteiger partial charge in [0, 0.05) is 11.3 Å². The van der Waals surface area contributed by atoms with Crippen molar-refractivity contribution in [3.8, 4) is 5.75 Å². The predicted molar refractivity (Wildman–Crippen MR) is 80.6 cm³/mol. The van der Waals surface area contributed by atoms with Gasteiger partial charge in [-0.1, -0.05) is 26.0 Å². The molecule has 0 aliphatic carbocycles. The van der Waals surface area contributed by atoms with Crippen molar-refractivity contribution in [1.29, 1.82) is 0 Å². The Balaban J connectivity index is 2.14. The van der Waals surface area contributed by atoms with Crippen LogP contribution >= 0.6 is 0 Å². The summed E-state index contributed by atoms with van der Waals surface area (Å²) >= 11 is 0. The molecule has 0 radical (unpaired) electrons. The Morgan fingerprint density at radius 1 is 1.00 bits per heavy atom. The maximum absolute atomic E-state index is 13.2. The molecule has 20 heavy (non-hydrogen) atoms. The van der Waals surface area contributed by atoms with Crippen LogP contribution in [0.15, 0.2) is 42.5 Å². The van der Waals surface area contributed by atoms with Crippen LogP contribution in [-0.4, -0.2) is 5.11 Å². The van der Waals surface area contributed by atoms with E-state index < -0.39 is 0 Å². The first-order valence-electron chi connectivity index (χ1n) is 6.82. The van der Waals surface area contributed by atoms with E-state index in [1.807, 2.05) is 19.1 Å². The molecular formula is C17H20FNO. The van der Waals surface area contributed by atoms with Crippen molar-refractivity contribution in [2.45, 2.75) is 32.7 Å². The van der Waals surface area contributed by atoms with Crippen LogP contribution in [0, 0.1) is 5.82 Å². The van der Waals surface area contributed by atoms with Crippen molar-refractivity contribution in [2.24, 2.45) is 0 Å². The average Bonchev–Trinajstić information content (AvgIpc) is 2.42. The number of rotatable bonds is 4. The van der Waals surface area contributed by atoms with Crippen LogP contribution < -0.4 is 5.32 Å². The first-order valence-corrected chi connectivity index (χ1v) is 6.82. The zero-order chi connectivity index (χ0) is 14.7. The highest BCUT2D eigenvalue weighted by molar-refractivity contribution is 5.48. The number of hydrogen-bond acceptors (Lipinski definition) is 2. The summed E-state index contributed by atoms with van der Waals surface area (Å²) in [5, 5.41) is 13.1. The fraction of sp³-hybridized carbons (Fsp3) is 0.294. The molecule has 2 aromatic rings. The number of phenols is 1. The maximum Gasteiger partial charge on any atom is 0.123 e. The molecule has 2 nitrogen and oxygen atoms in total. The third-order valence-corrected chi connectivity index (χ3v) is 3.42. The van der Waals surface area contributed by atoms with E-state index in [0.29, 0.717) is 11.5 Å². The van der Waals surface area contributed by atoms with Gasteiger partial charge in [0.1, 0.15) is 11.6 Å². The van der Waals surface area contributed by atoms with Gasteiger partial charge < -0.3 is 10.4 Å². The first-order chi connectivity index (χ1) is 9.47. The fourth-order valence-corrected chi connectivity index (χ4v) is 2.16. The first kappa shape index (κ1) is 14.4. The molecule has 2 N–H and O–H groups in total. The molecular weight excluding hydrogens is 253 g/mol. The SMILES string of the molecule is CC(C)c1ccc(NC(C)c2cc(F)ccc2O)cc1. The van der Waals surface area contributed by atoms with Crippen molar-refractivity contribution in [2.75, 3.05) is 5.32 Å². The van der Waals surface area contributed by atoms with Crippen LogP contribution in [0.2, 0.25) is 0 Å². The highest BCUT2D eigenvalue weighted by atomic mass is 19.1. The molecule has 0 saturated heterocycles. The largest absolute Gasteiger partial charge is 0.508 e. The minimum atomic E-state index is -0.346. The van der Waals surface area contributed by atoms with Gasteiger partial charge in [-0.25, -0.2) is 4.39 Å². The van der Waals surface area contributed by atoms with Gasteiger partial charge in [-0.3, -0.25) is 0 Å². The average molecular weight is 273 g/mol. The Bertz CT molecular complexity index is 578. The van der Waals surface area contributed by atoms with Gasteiger partial charge in [-0.05, 0) is 48.7 Å². The molecule has 2 rings (SSSR count). The number of halogens is 1. The molecule has 0 aliphatic heterocycles. The Hall–Kier alpha value is -2.03. The van der Waals surface area contributed by atoms with Crippen molar-refractivity contribution < 1.29 is 9.50 Å².